The Hall–Kier alpha value is -3.15. The molecule has 5 nitrogen and oxygen atoms in total. The molecular weight excluding hydrogens is 424 g/mol. The van der Waals surface area contributed by atoms with Crippen molar-refractivity contribution in [1.82, 2.24) is 0 Å². The number of carbonyl (C=O) groups is 2. The van der Waals surface area contributed by atoms with Gasteiger partial charge in [0.25, 0.3) is 11.8 Å². The molecule has 1 aliphatic rings. The Morgan fingerprint density at radius 1 is 1.09 bits per heavy atom. The van der Waals surface area contributed by atoms with Gasteiger partial charge in [-0.2, -0.15) is 0 Å². The molecule has 1 heterocycles. The minimum atomic E-state index is -2.58. The molecule has 32 heavy (non-hydrogen) atoms. The van der Waals surface area contributed by atoms with E-state index < -0.39 is 18.4 Å². The Bertz CT molecular complexity index is 1330. The molecule has 164 valence electrons. The molecule has 0 bridgehead atoms. The third kappa shape index (κ3) is 4.40. The van der Waals surface area contributed by atoms with Crippen molar-refractivity contribution in [3.8, 4) is 0 Å². The summed E-state index contributed by atoms with van der Waals surface area (Å²) >= 11 is 6.08. The lowest BCUT2D eigenvalue weighted by atomic mass is 10.0. The third-order valence-electron chi connectivity index (χ3n) is 5.48. The van der Waals surface area contributed by atoms with Crippen LogP contribution >= 0.6 is 11.6 Å². The van der Waals surface area contributed by atoms with E-state index in [1.165, 1.54) is 23.1 Å². The second kappa shape index (κ2) is 9.15. The normalized spacial score (nSPS) is 20.9. The summed E-state index contributed by atoms with van der Waals surface area (Å²) < 4.78 is 24.8. The maximum absolute atomic E-state index is 13.6. The van der Waals surface area contributed by atoms with Crippen molar-refractivity contribution in [1.29, 1.82) is 0 Å². The van der Waals surface area contributed by atoms with Crippen LogP contribution < -0.4 is 10.2 Å². The zero-order valence-corrected chi connectivity index (χ0v) is 18.5. The van der Waals surface area contributed by atoms with Gasteiger partial charge in [-0.05, 0) is 80.2 Å². The summed E-state index contributed by atoms with van der Waals surface area (Å²) in [6, 6.07) is 16.6. The van der Waals surface area contributed by atoms with Crippen molar-refractivity contribution in [2.24, 2.45) is 0 Å². The smallest absolute Gasteiger partial charge is 0.258 e. The number of aryl methyl sites for hydroxylation is 2. The van der Waals surface area contributed by atoms with E-state index in [9.17, 15) is 14.7 Å². The number of halogens is 1. The molecule has 4 rings (SSSR count). The fourth-order valence-corrected chi connectivity index (χ4v) is 3.97. The van der Waals surface area contributed by atoms with Crippen molar-refractivity contribution in [3.63, 3.8) is 0 Å². The lowest BCUT2D eigenvalue weighted by Crippen LogP contribution is -2.32. The van der Waals surface area contributed by atoms with Gasteiger partial charge in [0.2, 0.25) is 0 Å². The van der Waals surface area contributed by atoms with Gasteiger partial charge in [0.15, 0.2) is 0 Å². The van der Waals surface area contributed by atoms with Crippen LogP contribution in [0, 0.1) is 13.8 Å². The summed E-state index contributed by atoms with van der Waals surface area (Å²) in [5.41, 5.74) is 3.07. The fourth-order valence-electron chi connectivity index (χ4n) is 3.80. The molecular formula is C26H25ClN2O3. The first-order chi connectivity index (χ1) is 16.4. The number of amides is 2. The first kappa shape index (κ1) is 18.4. The molecule has 0 radical (unpaired) electrons. The second-order valence-corrected chi connectivity index (χ2v) is 8.13. The molecule has 6 heteroatoms. The maximum Gasteiger partial charge on any atom is 0.258 e. The Morgan fingerprint density at radius 3 is 2.62 bits per heavy atom. The molecule has 3 aromatic rings. The summed E-state index contributed by atoms with van der Waals surface area (Å²) in [5, 5.41) is 13.9. The van der Waals surface area contributed by atoms with Crippen LogP contribution in [0.4, 0.5) is 11.4 Å². The monoisotopic (exact) mass is 451 g/mol. The van der Waals surface area contributed by atoms with Crippen molar-refractivity contribution in [3.05, 3.63) is 93.5 Å². The molecule has 0 saturated heterocycles. The first-order valence-electron chi connectivity index (χ1n) is 11.7. The molecule has 0 saturated carbocycles. The number of carbonyl (C=O) groups excluding carboxylic acids is 2. The van der Waals surface area contributed by atoms with Crippen LogP contribution in [0.3, 0.4) is 0 Å². The Morgan fingerprint density at radius 2 is 1.88 bits per heavy atom. The Labute approximate surface area is 196 Å². The highest BCUT2D eigenvalue weighted by Crippen LogP contribution is 2.36. The molecule has 3 aromatic carbocycles. The number of rotatable bonds is 3. The molecule has 0 aromatic heterocycles. The lowest BCUT2D eigenvalue weighted by Gasteiger charge is -2.24. The minimum Gasteiger partial charge on any atom is -0.388 e. The zero-order chi connectivity index (χ0) is 25.5. The number of fused-ring (bicyclic) bond motifs is 1. The predicted molar refractivity (Wildman–Crippen MR) is 128 cm³/mol. The van der Waals surface area contributed by atoms with E-state index in [2.05, 4.69) is 5.32 Å². The molecule has 1 aliphatic heterocycles. The number of nitrogens with one attached hydrogen (secondary N) is 1. The van der Waals surface area contributed by atoms with Gasteiger partial charge in [-0.1, -0.05) is 29.8 Å². The fraction of sp³-hybridized carbons (Fsp3) is 0.231. The number of anilines is 2. The maximum atomic E-state index is 13.6. The molecule has 0 fully saturated rings. The van der Waals surface area contributed by atoms with Crippen molar-refractivity contribution in [2.45, 2.75) is 32.7 Å². The van der Waals surface area contributed by atoms with E-state index in [-0.39, 0.29) is 35.1 Å². The van der Waals surface area contributed by atoms with Crippen LogP contribution in [0.25, 0.3) is 0 Å². The summed E-state index contributed by atoms with van der Waals surface area (Å²) in [6.45, 7) is 3.57. The summed E-state index contributed by atoms with van der Waals surface area (Å²) in [4.78, 5) is 27.6. The van der Waals surface area contributed by atoms with Crippen LogP contribution in [-0.2, 0) is 0 Å². The highest BCUT2D eigenvalue weighted by atomic mass is 35.5. The quantitative estimate of drug-likeness (QED) is 0.538. The second-order valence-electron chi connectivity index (χ2n) is 7.69. The molecule has 2 amide bonds. The zero-order valence-electron chi connectivity index (χ0n) is 20.8. The van der Waals surface area contributed by atoms with Crippen LogP contribution in [-0.4, -0.2) is 23.5 Å². The van der Waals surface area contributed by atoms with Crippen LogP contribution in [0.2, 0.25) is 5.02 Å². The first-order valence-corrected chi connectivity index (χ1v) is 10.6. The molecule has 0 aliphatic carbocycles. The number of hydrogen-bond donors (Lipinski definition) is 2. The Balaban J connectivity index is 1.66. The van der Waals surface area contributed by atoms with Gasteiger partial charge in [0.1, 0.15) is 0 Å². The van der Waals surface area contributed by atoms with Gasteiger partial charge < -0.3 is 15.3 Å². The molecule has 0 spiro atoms. The summed E-state index contributed by atoms with van der Waals surface area (Å²) in [6.07, 6.45) is -5.13. The van der Waals surface area contributed by atoms with Gasteiger partial charge in [0.05, 0.1) is 7.45 Å². The van der Waals surface area contributed by atoms with E-state index in [4.69, 9.17) is 15.7 Å². The van der Waals surface area contributed by atoms with E-state index >= 15 is 0 Å². The van der Waals surface area contributed by atoms with Gasteiger partial charge in [0, 0.05) is 42.4 Å². The third-order valence-corrected chi connectivity index (χ3v) is 5.72. The van der Waals surface area contributed by atoms with Crippen molar-refractivity contribution >= 4 is 34.8 Å². The lowest BCUT2D eigenvalue weighted by molar-refractivity contribution is 0.0985. The minimum absolute atomic E-state index is 0.0349. The number of aliphatic hydroxyl groups is 1. The average Bonchev–Trinajstić information content (AvgIpc) is 2.86. The van der Waals surface area contributed by atoms with Crippen molar-refractivity contribution in [2.75, 3.05) is 16.8 Å². The predicted octanol–water partition coefficient (Wildman–Crippen LogP) is 5.68. The van der Waals surface area contributed by atoms with E-state index in [1.54, 1.807) is 37.3 Å². The van der Waals surface area contributed by atoms with Gasteiger partial charge in [-0.25, -0.2) is 0 Å². The number of benzene rings is 3. The summed E-state index contributed by atoms with van der Waals surface area (Å²) in [7, 11) is 0. The highest BCUT2D eigenvalue weighted by molar-refractivity contribution is 6.30. The topological polar surface area (TPSA) is 69.6 Å². The van der Waals surface area contributed by atoms with Gasteiger partial charge >= 0.3 is 0 Å². The SMILES string of the molecule is [2H]C1([2H])CCN(C(=O)c2ccc(NC(=O)c3ccccc3C)cc2C)c2ccc(Cl)cc2C1([2H])O. The van der Waals surface area contributed by atoms with E-state index in [0.717, 1.165) is 5.56 Å². The van der Waals surface area contributed by atoms with Gasteiger partial charge in [-0.3, -0.25) is 9.59 Å². The highest BCUT2D eigenvalue weighted by Gasteiger charge is 2.27. The number of hydrogen-bond acceptors (Lipinski definition) is 3. The van der Waals surface area contributed by atoms with E-state index in [0.29, 0.717) is 22.4 Å². The molecule has 1 atom stereocenters. The number of nitrogens with zero attached hydrogens (tertiary/aromatic N) is 1. The van der Waals surface area contributed by atoms with Crippen LogP contribution in [0.1, 0.15) is 60.4 Å². The average molecular weight is 452 g/mol. The summed E-state index contributed by atoms with van der Waals surface area (Å²) in [5.74, 6) is -0.659. The van der Waals surface area contributed by atoms with Gasteiger partial charge in [-0.15, -0.1) is 0 Å². The van der Waals surface area contributed by atoms with Crippen LogP contribution in [0.15, 0.2) is 60.7 Å². The van der Waals surface area contributed by atoms with Crippen LogP contribution in [0.5, 0.6) is 0 Å². The molecule has 1 unspecified atom stereocenters. The van der Waals surface area contributed by atoms with Crippen molar-refractivity contribution < 1.29 is 18.8 Å². The largest absolute Gasteiger partial charge is 0.388 e. The van der Waals surface area contributed by atoms with E-state index in [1.807, 2.05) is 19.1 Å². The standard InChI is InChI=1S/C26H25ClN2O3/c1-16-6-3-4-7-20(16)25(31)28-19-10-11-21(17(2)14-19)26(32)29-13-5-8-24(30)22-15-18(27)9-12-23(22)29/h3-4,6-7,9-12,14-15,24,30H,5,8,13H2,1-2H3,(H,28,31)/i8D2,24D. The Kier molecular flexibility index (Phi) is 5.27. The molecule has 2 N–H and O–H groups in total.